The highest BCUT2D eigenvalue weighted by Gasteiger charge is 2.40. The van der Waals surface area contributed by atoms with E-state index in [4.69, 9.17) is 0 Å². The second kappa shape index (κ2) is 6.48. The lowest BCUT2D eigenvalue weighted by molar-refractivity contribution is -0.718. The highest BCUT2D eigenvalue weighted by Crippen LogP contribution is 2.19. The molecule has 1 aromatic carbocycles. The van der Waals surface area contributed by atoms with E-state index in [0.29, 0.717) is 6.04 Å². The van der Waals surface area contributed by atoms with Gasteiger partial charge in [0.25, 0.3) is 5.91 Å². The molecule has 1 heterocycles. The van der Waals surface area contributed by atoms with Crippen molar-refractivity contribution in [2.45, 2.75) is 57.2 Å². The third-order valence-electron chi connectivity index (χ3n) is 4.79. The Morgan fingerprint density at radius 3 is 2.91 bits per heavy atom. The van der Waals surface area contributed by atoms with Crippen LogP contribution in [0.4, 0.5) is 5.69 Å². The minimum Gasteiger partial charge on any atom is -0.342 e. The number of carbonyl (C=O) groups is 2. The summed E-state index contributed by atoms with van der Waals surface area (Å²) in [5, 5.41) is 8.12. The first-order valence-electron chi connectivity index (χ1n) is 8.14. The number of rotatable bonds is 3. The normalized spacial score (nSPS) is 27.7. The number of amides is 2. The van der Waals surface area contributed by atoms with E-state index in [2.05, 4.69) is 16.0 Å². The molecule has 3 atom stereocenters. The van der Waals surface area contributed by atoms with E-state index >= 15 is 0 Å². The number of hydrogen-bond donors (Lipinski definition) is 3. The fraction of sp³-hybridized carbons (Fsp3) is 0.529. The number of quaternary nitrogens is 1. The second-order valence-corrected chi connectivity index (χ2v) is 6.43. The van der Waals surface area contributed by atoms with Crippen molar-refractivity contribution in [2.24, 2.45) is 0 Å². The maximum atomic E-state index is 12.2. The van der Waals surface area contributed by atoms with E-state index in [1.807, 2.05) is 31.2 Å². The van der Waals surface area contributed by atoms with E-state index in [9.17, 15) is 9.59 Å². The molecule has 3 rings (SSSR count). The molecule has 0 unspecified atom stereocenters. The first kappa shape index (κ1) is 15.0. The Hall–Kier alpha value is -1.88. The Balaban J connectivity index is 1.59. The molecule has 2 amide bonds. The minimum absolute atomic E-state index is 0.00286. The number of carbonyl (C=O) groups excluding carboxylic acids is 2. The van der Waals surface area contributed by atoms with E-state index in [0.717, 1.165) is 24.1 Å². The molecule has 5 heteroatoms. The predicted octanol–water partition coefficient (Wildman–Crippen LogP) is 0.697. The number of aryl methyl sites for hydroxylation is 1. The summed E-state index contributed by atoms with van der Waals surface area (Å²) in [5.74, 6) is -0.0944. The SMILES string of the molecule is Cc1ccccc1NC(=O)C[C@H]1[NH2+][C@H]2CCCC[C@H]2NC1=O. The molecule has 22 heavy (non-hydrogen) atoms. The summed E-state index contributed by atoms with van der Waals surface area (Å²) in [4.78, 5) is 24.4. The van der Waals surface area contributed by atoms with Gasteiger partial charge < -0.3 is 16.0 Å². The standard InChI is InChI=1S/C17H23N3O2/c1-11-6-2-3-7-12(11)19-16(21)10-15-17(22)20-14-9-5-4-8-13(14)18-15/h2-3,6-7,13-15,18H,4-5,8-10H2,1H3,(H,19,21)(H,20,22)/p+1/t13-,14+,15+/m0/s1. The Morgan fingerprint density at radius 2 is 2.09 bits per heavy atom. The quantitative estimate of drug-likeness (QED) is 0.769. The van der Waals surface area contributed by atoms with E-state index in [1.165, 1.54) is 12.8 Å². The molecule has 118 valence electrons. The molecule has 4 N–H and O–H groups in total. The van der Waals surface area contributed by atoms with Crippen LogP contribution in [-0.4, -0.2) is 29.9 Å². The van der Waals surface area contributed by atoms with Gasteiger partial charge in [-0.2, -0.15) is 0 Å². The summed E-state index contributed by atoms with van der Waals surface area (Å²) >= 11 is 0. The molecule has 1 aliphatic heterocycles. The van der Waals surface area contributed by atoms with Crippen LogP contribution < -0.4 is 16.0 Å². The lowest BCUT2D eigenvalue weighted by atomic mass is 9.87. The molecule has 2 fully saturated rings. The van der Waals surface area contributed by atoms with Crippen LogP contribution in [0.25, 0.3) is 0 Å². The summed E-state index contributed by atoms with van der Waals surface area (Å²) in [6.45, 7) is 1.96. The zero-order valence-electron chi connectivity index (χ0n) is 13.0. The first-order chi connectivity index (χ1) is 10.6. The summed E-state index contributed by atoms with van der Waals surface area (Å²) in [6.07, 6.45) is 4.82. The van der Waals surface area contributed by atoms with Gasteiger partial charge in [0.1, 0.15) is 6.04 Å². The Kier molecular flexibility index (Phi) is 4.43. The van der Waals surface area contributed by atoms with Crippen molar-refractivity contribution in [3.05, 3.63) is 29.8 Å². The summed E-state index contributed by atoms with van der Waals surface area (Å²) < 4.78 is 0. The van der Waals surface area contributed by atoms with Gasteiger partial charge in [-0.3, -0.25) is 9.59 Å². The highest BCUT2D eigenvalue weighted by molar-refractivity contribution is 5.95. The van der Waals surface area contributed by atoms with Crippen LogP contribution in [0.2, 0.25) is 0 Å². The molecule has 1 saturated heterocycles. The Labute approximate surface area is 130 Å². The molecular formula is C17H24N3O2+. The van der Waals surface area contributed by atoms with Crippen molar-refractivity contribution >= 4 is 17.5 Å². The number of benzene rings is 1. The molecule has 0 radical (unpaired) electrons. The van der Waals surface area contributed by atoms with Crippen LogP contribution >= 0.6 is 0 Å². The van der Waals surface area contributed by atoms with E-state index in [-0.39, 0.29) is 30.3 Å². The molecule has 1 aromatic rings. The van der Waals surface area contributed by atoms with E-state index < -0.39 is 0 Å². The van der Waals surface area contributed by atoms with Crippen LogP contribution in [0.3, 0.4) is 0 Å². The smallest absolute Gasteiger partial charge is 0.279 e. The lowest BCUT2D eigenvalue weighted by Gasteiger charge is -2.37. The van der Waals surface area contributed by atoms with Gasteiger partial charge in [-0.15, -0.1) is 0 Å². The fourth-order valence-electron chi connectivity index (χ4n) is 3.52. The molecule has 1 saturated carbocycles. The minimum atomic E-state index is -0.302. The van der Waals surface area contributed by atoms with Gasteiger partial charge >= 0.3 is 0 Å². The first-order valence-corrected chi connectivity index (χ1v) is 8.14. The maximum absolute atomic E-state index is 12.2. The Morgan fingerprint density at radius 1 is 1.32 bits per heavy atom. The summed E-state index contributed by atoms with van der Waals surface area (Å²) in [7, 11) is 0. The largest absolute Gasteiger partial charge is 0.342 e. The van der Waals surface area contributed by atoms with Gasteiger partial charge in [0, 0.05) is 12.1 Å². The van der Waals surface area contributed by atoms with Gasteiger partial charge in [0.05, 0.1) is 12.5 Å². The van der Waals surface area contributed by atoms with Crippen LogP contribution in [0.1, 0.15) is 37.7 Å². The summed E-state index contributed by atoms with van der Waals surface area (Å²) in [6, 6.07) is 8.10. The third-order valence-corrected chi connectivity index (χ3v) is 4.79. The highest BCUT2D eigenvalue weighted by atomic mass is 16.2. The zero-order valence-corrected chi connectivity index (χ0v) is 13.0. The van der Waals surface area contributed by atoms with Crippen molar-refractivity contribution in [1.29, 1.82) is 0 Å². The van der Waals surface area contributed by atoms with Crippen LogP contribution in [0.5, 0.6) is 0 Å². The number of para-hydroxylation sites is 1. The van der Waals surface area contributed by atoms with Crippen LogP contribution in [0.15, 0.2) is 24.3 Å². The van der Waals surface area contributed by atoms with Gasteiger partial charge in [-0.25, -0.2) is 0 Å². The third kappa shape index (κ3) is 3.30. The topological polar surface area (TPSA) is 74.8 Å². The fourth-order valence-corrected chi connectivity index (χ4v) is 3.52. The van der Waals surface area contributed by atoms with E-state index in [1.54, 1.807) is 0 Å². The van der Waals surface area contributed by atoms with Crippen LogP contribution in [-0.2, 0) is 9.59 Å². The van der Waals surface area contributed by atoms with Crippen molar-refractivity contribution in [1.82, 2.24) is 5.32 Å². The van der Waals surface area contributed by atoms with Gasteiger partial charge in [-0.05, 0) is 31.4 Å². The molecule has 2 aliphatic rings. The number of anilines is 1. The number of fused-ring (bicyclic) bond motifs is 1. The van der Waals surface area contributed by atoms with Crippen LogP contribution in [0, 0.1) is 6.92 Å². The summed E-state index contributed by atoms with van der Waals surface area (Å²) in [5.41, 5.74) is 1.85. The second-order valence-electron chi connectivity index (χ2n) is 6.43. The number of nitrogens with one attached hydrogen (secondary N) is 2. The molecule has 0 spiro atoms. The van der Waals surface area contributed by atoms with Gasteiger partial charge in [0.2, 0.25) is 5.91 Å². The Bertz CT molecular complexity index is 573. The number of piperazine rings is 1. The van der Waals surface area contributed by atoms with Gasteiger partial charge in [-0.1, -0.05) is 24.6 Å². The predicted molar refractivity (Wildman–Crippen MR) is 84.3 cm³/mol. The molecule has 5 nitrogen and oxygen atoms in total. The molecular weight excluding hydrogens is 278 g/mol. The molecule has 0 bridgehead atoms. The zero-order chi connectivity index (χ0) is 15.5. The average Bonchev–Trinajstić information content (AvgIpc) is 2.50. The van der Waals surface area contributed by atoms with Crippen molar-refractivity contribution in [3.8, 4) is 0 Å². The van der Waals surface area contributed by atoms with Crippen molar-refractivity contribution in [2.75, 3.05) is 5.32 Å². The lowest BCUT2D eigenvalue weighted by Crippen LogP contribution is -3.03. The monoisotopic (exact) mass is 302 g/mol. The number of nitrogens with two attached hydrogens (primary N) is 1. The molecule has 1 aliphatic carbocycles. The maximum Gasteiger partial charge on any atom is 0.279 e. The number of hydrogen-bond acceptors (Lipinski definition) is 2. The average molecular weight is 302 g/mol. The van der Waals surface area contributed by atoms with Crippen molar-refractivity contribution in [3.63, 3.8) is 0 Å². The van der Waals surface area contributed by atoms with Gasteiger partial charge in [0.15, 0.2) is 6.04 Å². The van der Waals surface area contributed by atoms with Crippen molar-refractivity contribution < 1.29 is 14.9 Å². The molecule has 0 aromatic heterocycles.